The summed E-state index contributed by atoms with van der Waals surface area (Å²) in [5.41, 5.74) is 1.64. The van der Waals surface area contributed by atoms with E-state index in [0.717, 1.165) is 4.47 Å². The lowest BCUT2D eigenvalue weighted by molar-refractivity contribution is -0.120. The Hall–Kier alpha value is -2.73. The van der Waals surface area contributed by atoms with Gasteiger partial charge < -0.3 is 5.32 Å². The molecule has 1 aliphatic heterocycles. The average Bonchev–Trinajstić information content (AvgIpc) is 2.84. The van der Waals surface area contributed by atoms with Crippen LogP contribution in [0.2, 0.25) is 0 Å². The van der Waals surface area contributed by atoms with Gasteiger partial charge in [0.25, 0.3) is 10.0 Å². The summed E-state index contributed by atoms with van der Waals surface area (Å²) in [7, 11) is -7.24. The van der Waals surface area contributed by atoms with E-state index in [1.54, 1.807) is 48.5 Å². The average molecular weight is 593 g/mol. The highest BCUT2D eigenvalue weighted by atomic mass is 79.9. The normalized spacial score (nSPS) is 15.4. The molecule has 0 aromatic heterocycles. The molecule has 0 saturated carbocycles. The van der Waals surface area contributed by atoms with Gasteiger partial charge in [-0.1, -0.05) is 46.3 Å². The lowest BCUT2D eigenvalue weighted by Crippen LogP contribution is -2.41. The maximum Gasteiger partial charge on any atom is 0.261 e. The monoisotopic (exact) mass is 591 g/mol. The Labute approximate surface area is 220 Å². The summed E-state index contributed by atoms with van der Waals surface area (Å²) in [4.78, 5) is 12.8. The van der Waals surface area contributed by atoms with Gasteiger partial charge >= 0.3 is 0 Å². The SMILES string of the molecule is O=C(Nc1ccc(S(=O)(=O)Nc2ccccc2)cc1)C1CCN(S(=O)(=O)Cc2cccc(Br)c2)CC1. The molecule has 1 saturated heterocycles. The number of hydrogen-bond donors (Lipinski definition) is 2. The van der Waals surface area contributed by atoms with E-state index in [-0.39, 0.29) is 35.6 Å². The van der Waals surface area contributed by atoms with E-state index in [1.807, 2.05) is 6.07 Å². The first-order chi connectivity index (χ1) is 17.1. The largest absolute Gasteiger partial charge is 0.326 e. The minimum absolute atomic E-state index is 0.0771. The van der Waals surface area contributed by atoms with Crippen molar-refractivity contribution >= 4 is 53.3 Å². The molecule has 1 aliphatic rings. The number of anilines is 2. The summed E-state index contributed by atoms with van der Waals surface area (Å²) in [6.07, 6.45) is 0.827. The van der Waals surface area contributed by atoms with Gasteiger partial charge in [-0.15, -0.1) is 0 Å². The standard InChI is InChI=1S/C25H26BrN3O5S2/c26-21-6-4-5-19(17-21)18-35(31,32)29-15-13-20(14-16-29)25(30)27-22-9-11-24(12-10-22)36(33,34)28-23-7-2-1-3-8-23/h1-12,17,20,28H,13-16,18H2,(H,27,30). The van der Waals surface area contributed by atoms with Crippen LogP contribution in [-0.4, -0.2) is 40.1 Å². The van der Waals surface area contributed by atoms with Crippen molar-refractivity contribution in [3.05, 3.63) is 88.9 Å². The maximum atomic E-state index is 12.8. The fourth-order valence-corrected chi connectivity index (χ4v) is 7.06. The van der Waals surface area contributed by atoms with Gasteiger partial charge in [-0.25, -0.2) is 21.1 Å². The lowest BCUT2D eigenvalue weighted by atomic mass is 9.97. The van der Waals surface area contributed by atoms with E-state index in [1.165, 1.54) is 28.6 Å². The maximum absolute atomic E-state index is 12.8. The molecule has 0 spiro atoms. The first-order valence-corrected chi connectivity index (χ1v) is 15.2. The molecule has 36 heavy (non-hydrogen) atoms. The van der Waals surface area contributed by atoms with Crippen LogP contribution in [0.15, 0.2) is 88.2 Å². The van der Waals surface area contributed by atoms with Crippen molar-refractivity contribution in [3.63, 3.8) is 0 Å². The van der Waals surface area contributed by atoms with E-state index >= 15 is 0 Å². The van der Waals surface area contributed by atoms with Gasteiger partial charge in [-0.3, -0.25) is 9.52 Å². The first-order valence-electron chi connectivity index (χ1n) is 11.3. The molecule has 11 heteroatoms. The number of nitrogens with one attached hydrogen (secondary N) is 2. The van der Waals surface area contributed by atoms with Crippen molar-refractivity contribution in [2.75, 3.05) is 23.1 Å². The molecule has 3 aromatic carbocycles. The number of rotatable bonds is 8. The molecule has 2 N–H and O–H groups in total. The second-order valence-electron chi connectivity index (χ2n) is 8.54. The zero-order chi connectivity index (χ0) is 25.8. The highest BCUT2D eigenvalue weighted by Crippen LogP contribution is 2.25. The summed E-state index contributed by atoms with van der Waals surface area (Å²) >= 11 is 3.36. The number of carbonyl (C=O) groups is 1. The highest BCUT2D eigenvalue weighted by molar-refractivity contribution is 9.10. The fraction of sp³-hybridized carbons (Fsp3) is 0.240. The van der Waals surface area contributed by atoms with Gasteiger partial charge in [0.05, 0.1) is 10.6 Å². The molecule has 1 amide bonds. The van der Waals surface area contributed by atoms with Crippen LogP contribution in [0.1, 0.15) is 18.4 Å². The van der Waals surface area contributed by atoms with Gasteiger partial charge in [-0.2, -0.15) is 0 Å². The third-order valence-electron chi connectivity index (χ3n) is 5.91. The molecule has 190 valence electrons. The smallest absolute Gasteiger partial charge is 0.261 e. The molecule has 0 bridgehead atoms. The number of benzene rings is 3. The van der Waals surface area contributed by atoms with Gasteiger partial charge in [0.1, 0.15) is 0 Å². The van der Waals surface area contributed by atoms with E-state index in [2.05, 4.69) is 26.0 Å². The topological polar surface area (TPSA) is 113 Å². The van der Waals surface area contributed by atoms with Crippen molar-refractivity contribution in [1.82, 2.24) is 4.31 Å². The second kappa shape index (κ2) is 11.1. The van der Waals surface area contributed by atoms with Crippen molar-refractivity contribution < 1.29 is 21.6 Å². The summed E-state index contributed by atoms with van der Waals surface area (Å²) in [5.74, 6) is -0.625. The quantitative estimate of drug-likeness (QED) is 0.402. The van der Waals surface area contributed by atoms with Crippen LogP contribution < -0.4 is 10.0 Å². The molecule has 0 unspecified atom stereocenters. The number of halogens is 1. The Kier molecular flexibility index (Phi) is 8.13. The Bertz CT molecular complexity index is 1420. The van der Waals surface area contributed by atoms with Crippen molar-refractivity contribution in [1.29, 1.82) is 0 Å². The minimum atomic E-state index is -3.75. The number of sulfonamides is 2. The van der Waals surface area contributed by atoms with Gasteiger partial charge in [0, 0.05) is 34.9 Å². The molecule has 8 nitrogen and oxygen atoms in total. The first kappa shape index (κ1) is 26.3. The predicted molar refractivity (Wildman–Crippen MR) is 143 cm³/mol. The van der Waals surface area contributed by atoms with Crippen LogP contribution >= 0.6 is 15.9 Å². The number of carbonyl (C=O) groups excluding carboxylic acids is 1. The molecular formula is C25H26BrN3O5S2. The zero-order valence-corrected chi connectivity index (χ0v) is 22.5. The highest BCUT2D eigenvalue weighted by Gasteiger charge is 2.31. The molecule has 1 fully saturated rings. The molecule has 1 heterocycles. The summed E-state index contributed by atoms with van der Waals surface area (Å²) in [6, 6.07) is 21.7. The van der Waals surface area contributed by atoms with E-state index in [4.69, 9.17) is 0 Å². The molecule has 0 aliphatic carbocycles. The minimum Gasteiger partial charge on any atom is -0.326 e. The molecule has 4 rings (SSSR count). The van der Waals surface area contributed by atoms with Crippen LogP contribution in [0.3, 0.4) is 0 Å². The Morgan fingerprint density at radius 2 is 1.53 bits per heavy atom. The molecule has 0 radical (unpaired) electrons. The lowest BCUT2D eigenvalue weighted by Gasteiger charge is -2.30. The van der Waals surface area contributed by atoms with E-state index < -0.39 is 20.0 Å². The third kappa shape index (κ3) is 6.73. The van der Waals surface area contributed by atoms with Crippen LogP contribution in [0.4, 0.5) is 11.4 Å². The van der Waals surface area contributed by atoms with Crippen LogP contribution in [0, 0.1) is 5.92 Å². The van der Waals surface area contributed by atoms with Crippen LogP contribution in [0.5, 0.6) is 0 Å². The van der Waals surface area contributed by atoms with Crippen LogP contribution in [-0.2, 0) is 30.6 Å². The molecule has 0 atom stereocenters. The van der Waals surface area contributed by atoms with E-state index in [0.29, 0.717) is 29.8 Å². The number of para-hydroxylation sites is 1. The fourth-order valence-electron chi connectivity index (χ4n) is 4.01. The van der Waals surface area contributed by atoms with Gasteiger partial charge in [0.15, 0.2) is 0 Å². The number of nitrogens with zero attached hydrogens (tertiary/aromatic N) is 1. The Balaban J connectivity index is 1.31. The predicted octanol–water partition coefficient (Wildman–Crippen LogP) is 4.43. The Morgan fingerprint density at radius 1 is 0.861 bits per heavy atom. The number of hydrogen-bond acceptors (Lipinski definition) is 5. The molecule has 3 aromatic rings. The van der Waals surface area contributed by atoms with Crippen molar-refractivity contribution in [2.45, 2.75) is 23.5 Å². The zero-order valence-electron chi connectivity index (χ0n) is 19.3. The number of amides is 1. The van der Waals surface area contributed by atoms with Crippen LogP contribution in [0.25, 0.3) is 0 Å². The Morgan fingerprint density at radius 3 is 2.17 bits per heavy atom. The van der Waals surface area contributed by atoms with Gasteiger partial charge in [-0.05, 0) is 66.9 Å². The second-order valence-corrected chi connectivity index (χ2v) is 13.1. The van der Waals surface area contributed by atoms with Crippen molar-refractivity contribution in [3.8, 4) is 0 Å². The molecular weight excluding hydrogens is 566 g/mol. The van der Waals surface area contributed by atoms with Gasteiger partial charge in [0.2, 0.25) is 15.9 Å². The summed E-state index contributed by atoms with van der Waals surface area (Å²) in [5, 5.41) is 2.81. The summed E-state index contributed by atoms with van der Waals surface area (Å²) in [6.45, 7) is 0.549. The third-order valence-corrected chi connectivity index (χ3v) is 9.65. The van der Waals surface area contributed by atoms with E-state index in [9.17, 15) is 21.6 Å². The van der Waals surface area contributed by atoms with Crippen molar-refractivity contribution in [2.24, 2.45) is 5.92 Å². The summed E-state index contributed by atoms with van der Waals surface area (Å²) < 4.78 is 55.6. The number of piperidine rings is 1.